The van der Waals surface area contributed by atoms with Gasteiger partial charge in [0.05, 0.1) is 17.7 Å². The maximum atomic E-state index is 13.4. The molecule has 31 heavy (non-hydrogen) atoms. The average Bonchev–Trinajstić information content (AvgIpc) is 3.17. The fourth-order valence-corrected chi connectivity index (χ4v) is 4.00. The molecule has 0 aliphatic carbocycles. The molecule has 3 rings (SSSR count). The Morgan fingerprint density at radius 2 is 1.94 bits per heavy atom. The summed E-state index contributed by atoms with van der Waals surface area (Å²) in [6.07, 6.45) is -2.37. The van der Waals surface area contributed by atoms with Crippen LogP contribution in [-0.2, 0) is 17.5 Å². The number of halogens is 3. The number of hydrogen-bond acceptors (Lipinski definition) is 4. The Balaban J connectivity index is 1.79. The number of hydrogen-bond donors (Lipinski definition) is 2. The highest BCUT2D eigenvalue weighted by Gasteiger charge is 2.32. The molecule has 0 aromatic heterocycles. The van der Waals surface area contributed by atoms with Gasteiger partial charge in [0.15, 0.2) is 5.96 Å². The number of piperazine rings is 1. The van der Waals surface area contributed by atoms with Crippen LogP contribution in [0.4, 0.5) is 18.9 Å². The van der Waals surface area contributed by atoms with Crippen LogP contribution >= 0.6 is 0 Å². The van der Waals surface area contributed by atoms with Gasteiger partial charge in [-0.15, -0.1) is 0 Å². The quantitative estimate of drug-likeness (QED) is 0.525. The molecule has 1 aromatic carbocycles. The van der Waals surface area contributed by atoms with Gasteiger partial charge in [-0.2, -0.15) is 13.2 Å². The van der Waals surface area contributed by atoms with Crippen molar-refractivity contribution in [1.82, 2.24) is 15.5 Å². The second-order valence-corrected chi connectivity index (χ2v) is 8.58. The maximum absolute atomic E-state index is 13.4. The van der Waals surface area contributed by atoms with E-state index in [2.05, 4.69) is 39.4 Å². The molecular weight excluding hydrogens is 407 g/mol. The molecule has 0 radical (unpaired) electrons. The van der Waals surface area contributed by atoms with E-state index in [-0.39, 0.29) is 12.1 Å². The predicted molar refractivity (Wildman–Crippen MR) is 118 cm³/mol. The lowest BCUT2D eigenvalue weighted by atomic mass is 10.0. The molecule has 0 spiro atoms. The zero-order valence-electron chi connectivity index (χ0n) is 18.7. The molecule has 2 N–H and O–H groups in total. The van der Waals surface area contributed by atoms with E-state index in [9.17, 15) is 13.2 Å². The van der Waals surface area contributed by atoms with Gasteiger partial charge in [0.1, 0.15) is 0 Å². The summed E-state index contributed by atoms with van der Waals surface area (Å²) in [4.78, 5) is 8.97. The minimum Gasteiger partial charge on any atom is -0.373 e. The second kappa shape index (κ2) is 10.1. The molecular formula is C22H34F3N5O. The normalized spacial score (nSPS) is 23.3. The summed E-state index contributed by atoms with van der Waals surface area (Å²) >= 11 is 0. The van der Waals surface area contributed by atoms with Gasteiger partial charge in [0.25, 0.3) is 0 Å². The van der Waals surface area contributed by atoms with E-state index in [4.69, 9.17) is 4.74 Å². The first-order valence-electron chi connectivity index (χ1n) is 11.0. The molecule has 9 heteroatoms. The molecule has 6 nitrogen and oxygen atoms in total. The SMILES string of the molecule is CCNC(=NCc1cc(C(F)(F)F)ccc1N1CCN(C)CC1)NCC1(C)CCCO1. The number of guanidine groups is 1. The third-order valence-electron chi connectivity index (χ3n) is 5.93. The summed E-state index contributed by atoms with van der Waals surface area (Å²) in [5, 5.41) is 6.48. The van der Waals surface area contributed by atoms with E-state index in [1.54, 1.807) is 6.07 Å². The third-order valence-corrected chi connectivity index (χ3v) is 5.93. The Kier molecular flexibility index (Phi) is 7.69. The Labute approximate surface area is 182 Å². The number of ether oxygens (including phenoxy) is 1. The number of likely N-dealkylation sites (N-methyl/N-ethyl adjacent to an activating group) is 1. The van der Waals surface area contributed by atoms with Crippen LogP contribution in [0.15, 0.2) is 23.2 Å². The smallest absolute Gasteiger partial charge is 0.373 e. The summed E-state index contributed by atoms with van der Waals surface area (Å²) in [5.74, 6) is 0.584. The number of anilines is 1. The van der Waals surface area contributed by atoms with Crippen molar-refractivity contribution in [2.75, 3.05) is 57.8 Å². The van der Waals surface area contributed by atoms with Gasteiger partial charge in [0.2, 0.25) is 0 Å². The van der Waals surface area contributed by atoms with Crippen molar-refractivity contribution in [2.24, 2.45) is 4.99 Å². The van der Waals surface area contributed by atoms with Crippen molar-refractivity contribution in [3.05, 3.63) is 29.3 Å². The number of aliphatic imine (C=N–C) groups is 1. The van der Waals surface area contributed by atoms with Crippen LogP contribution < -0.4 is 15.5 Å². The Bertz CT molecular complexity index is 754. The number of benzene rings is 1. The highest BCUT2D eigenvalue weighted by atomic mass is 19.4. The average molecular weight is 442 g/mol. The number of rotatable bonds is 6. The molecule has 2 aliphatic heterocycles. The molecule has 174 valence electrons. The van der Waals surface area contributed by atoms with E-state index in [0.717, 1.165) is 51.3 Å². The maximum Gasteiger partial charge on any atom is 0.416 e. The van der Waals surface area contributed by atoms with Gasteiger partial charge >= 0.3 is 6.18 Å². The fraction of sp³-hybridized carbons (Fsp3) is 0.682. The molecule has 0 amide bonds. The van der Waals surface area contributed by atoms with Gasteiger partial charge in [-0.05, 0) is 57.5 Å². The summed E-state index contributed by atoms with van der Waals surface area (Å²) in [6.45, 7) is 9.55. The van der Waals surface area contributed by atoms with Gasteiger partial charge in [-0.25, -0.2) is 4.99 Å². The zero-order chi connectivity index (χ0) is 22.5. The Morgan fingerprint density at radius 1 is 1.19 bits per heavy atom. The molecule has 0 saturated carbocycles. The van der Waals surface area contributed by atoms with Crippen molar-refractivity contribution in [3.63, 3.8) is 0 Å². The lowest BCUT2D eigenvalue weighted by Gasteiger charge is -2.35. The first kappa shape index (κ1) is 23.7. The monoisotopic (exact) mass is 441 g/mol. The Morgan fingerprint density at radius 3 is 2.55 bits per heavy atom. The van der Waals surface area contributed by atoms with Crippen LogP contribution in [0.1, 0.15) is 37.8 Å². The van der Waals surface area contributed by atoms with Crippen LogP contribution in [0.5, 0.6) is 0 Å². The van der Waals surface area contributed by atoms with Crippen molar-refractivity contribution in [3.8, 4) is 0 Å². The summed E-state index contributed by atoms with van der Waals surface area (Å²) < 4.78 is 45.9. The van der Waals surface area contributed by atoms with Crippen LogP contribution in [0.25, 0.3) is 0 Å². The first-order valence-corrected chi connectivity index (χ1v) is 11.0. The minimum atomic E-state index is -4.38. The lowest BCUT2D eigenvalue weighted by Crippen LogP contribution is -2.45. The van der Waals surface area contributed by atoms with Crippen LogP contribution in [0.3, 0.4) is 0 Å². The zero-order valence-corrected chi connectivity index (χ0v) is 18.7. The van der Waals surface area contributed by atoms with Crippen LogP contribution in [0, 0.1) is 0 Å². The van der Waals surface area contributed by atoms with E-state index >= 15 is 0 Å². The van der Waals surface area contributed by atoms with Gasteiger partial charge in [0, 0.05) is 51.6 Å². The van der Waals surface area contributed by atoms with Crippen LogP contribution in [0.2, 0.25) is 0 Å². The molecule has 2 aliphatic rings. The molecule has 1 unspecified atom stereocenters. The largest absolute Gasteiger partial charge is 0.416 e. The van der Waals surface area contributed by atoms with Crippen molar-refractivity contribution in [1.29, 1.82) is 0 Å². The third kappa shape index (κ3) is 6.49. The van der Waals surface area contributed by atoms with E-state index in [1.165, 1.54) is 12.1 Å². The number of nitrogens with zero attached hydrogens (tertiary/aromatic N) is 3. The second-order valence-electron chi connectivity index (χ2n) is 8.58. The van der Waals surface area contributed by atoms with Crippen molar-refractivity contribution in [2.45, 2.75) is 45.0 Å². The molecule has 2 saturated heterocycles. The minimum absolute atomic E-state index is 0.165. The standard InChI is InChI=1S/C22H34F3N5O/c1-4-26-20(28-16-21(2)8-5-13-31-21)27-15-17-14-18(22(23,24)25)6-7-19(17)30-11-9-29(3)10-12-30/h6-7,14H,4-5,8-13,15-16H2,1-3H3,(H2,26,27,28). The van der Waals surface area contributed by atoms with Crippen LogP contribution in [-0.4, -0.2) is 69.4 Å². The van der Waals surface area contributed by atoms with E-state index in [0.29, 0.717) is 24.6 Å². The fourth-order valence-electron chi connectivity index (χ4n) is 4.00. The summed E-state index contributed by atoms with van der Waals surface area (Å²) in [5.41, 5.74) is 0.532. The molecule has 1 atom stereocenters. The van der Waals surface area contributed by atoms with Gasteiger partial charge in [-0.1, -0.05) is 0 Å². The highest BCUT2D eigenvalue weighted by Crippen LogP contribution is 2.33. The van der Waals surface area contributed by atoms with E-state index in [1.807, 2.05) is 6.92 Å². The van der Waals surface area contributed by atoms with Gasteiger partial charge < -0.3 is 25.2 Å². The number of nitrogens with one attached hydrogen (secondary N) is 2. The Hall–Kier alpha value is -2.00. The number of alkyl halides is 3. The topological polar surface area (TPSA) is 52.1 Å². The lowest BCUT2D eigenvalue weighted by molar-refractivity contribution is -0.137. The highest BCUT2D eigenvalue weighted by molar-refractivity contribution is 5.80. The summed E-state index contributed by atoms with van der Waals surface area (Å²) in [7, 11) is 2.05. The van der Waals surface area contributed by atoms with Gasteiger partial charge in [-0.3, -0.25) is 0 Å². The predicted octanol–water partition coefficient (Wildman–Crippen LogP) is 3.08. The molecule has 2 heterocycles. The van der Waals surface area contributed by atoms with Crippen molar-refractivity contribution >= 4 is 11.6 Å². The molecule has 2 fully saturated rings. The van der Waals surface area contributed by atoms with Crippen molar-refractivity contribution < 1.29 is 17.9 Å². The molecule has 1 aromatic rings. The van der Waals surface area contributed by atoms with E-state index < -0.39 is 11.7 Å². The summed E-state index contributed by atoms with van der Waals surface area (Å²) in [6, 6.07) is 4.00. The molecule has 0 bridgehead atoms. The first-order chi connectivity index (χ1) is 14.7.